The third-order valence-corrected chi connectivity index (χ3v) is 3.64. The summed E-state index contributed by atoms with van der Waals surface area (Å²) in [6.07, 6.45) is 1.55. The molecule has 0 spiro atoms. The molecule has 0 unspecified atom stereocenters. The SMILES string of the molecule is NC(=O)c1cccc(NC(=O)Nc2ncccc2OCc2ccccc2)c1. The standard InChI is InChI=1S/C20H18N4O3/c21-18(25)15-8-4-9-16(12-15)23-20(26)24-19-17(10-5-11-22-19)27-13-14-6-2-1-3-7-14/h1-12H,13H2,(H2,21,25)(H2,22,23,24,26). The number of amides is 3. The van der Waals surface area contributed by atoms with Gasteiger partial charge >= 0.3 is 6.03 Å². The van der Waals surface area contributed by atoms with Crippen LogP contribution >= 0.6 is 0 Å². The number of benzene rings is 2. The smallest absolute Gasteiger partial charge is 0.324 e. The zero-order valence-corrected chi connectivity index (χ0v) is 14.4. The van der Waals surface area contributed by atoms with Crippen molar-refractivity contribution >= 4 is 23.4 Å². The molecule has 1 heterocycles. The van der Waals surface area contributed by atoms with Crippen LogP contribution in [0.15, 0.2) is 72.9 Å². The van der Waals surface area contributed by atoms with E-state index in [1.807, 2.05) is 30.3 Å². The zero-order chi connectivity index (χ0) is 19.1. The van der Waals surface area contributed by atoms with Crippen LogP contribution in [0.3, 0.4) is 0 Å². The first-order valence-corrected chi connectivity index (χ1v) is 8.21. The number of carbonyl (C=O) groups is 2. The molecule has 0 saturated carbocycles. The average molecular weight is 362 g/mol. The van der Waals surface area contributed by atoms with Crippen LogP contribution in [0.5, 0.6) is 5.75 Å². The predicted molar refractivity (Wildman–Crippen MR) is 103 cm³/mol. The maximum Gasteiger partial charge on any atom is 0.324 e. The Hall–Kier alpha value is -3.87. The normalized spacial score (nSPS) is 10.1. The Morgan fingerprint density at radius 3 is 2.56 bits per heavy atom. The van der Waals surface area contributed by atoms with Crippen molar-refractivity contribution in [1.29, 1.82) is 0 Å². The molecule has 0 aliphatic carbocycles. The number of nitrogens with two attached hydrogens (primary N) is 1. The van der Waals surface area contributed by atoms with E-state index in [0.29, 0.717) is 23.6 Å². The lowest BCUT2D eigenvalue weighted by Gasteiger charge is -2.12. The molecule has 0 aliphatic heterocycles. The number of nitrogens with zero attached hydrogens (tertiary/aromatic N) is 1. The van der Waals surface area contributed by atoms with Crippen molar-refractivity contribution in [2.24, 2.45) is 5.73 Å². The van der Waals surface area contributed by atoms with Crippen LogP contribution in [-0.2, 0) is 6.61 Å². The van der Waals surface area contributed by atoms with Crippen molar-refractivity contribution in [3.05, 3.63) is 84.1 Å². The van der Waals surface area contributed by atoms with Crippen LogP contribution in [-0.4, -0.2) is 16.9 Å². The molecule has 3 aromatic rings. The van der Waals surface area contributed by atoms with E-state index in [4.69, 9.17) is 10.5 Å². The van der Waals surface area contributed by atoms with Gasteiger partial charge in [-0.25, -0.2) is 9.78 Å². The molecule has 0 bridgehead atoms. The van der Waals surface area contributed by atoms with Gasteiger partial charge in [-0.15, -0.1) is 0 Å². The molecule has 4 N–H and O–H groups in total. The van der Waals surface area contributed by atoms with Crippen LogP contribution in [0.25, 0.3) is 0 Å². The van der Waals surface area contributed by atoms with E-state index in [9.17, 15) is 9.59 Å². The molecule has 3 amide bonds. The molecule has 0 aliphatic rings. The molecular formula is C20H18N4O3. The summed E-state index contributed by atoms with van der Waals surface area (Å²) in [5.41, 5.74) is 6.98. The number of hydrogen-bond acceptors (Lipinski definition) is 4. The summed E-state index contributed by atoms with van der Waals surface area (Å²) in [7, 11) is 0. The Morgan fingerprint density at radius 2 is 1.78 bits per heavy atom. The fourth-order valence-electron chi connectivity index (χ4n) is 2.36. The summed E-state index contributed by atoms with van der Waals surface area (Å²) in [6, 6.07) is 18.9. The third-order valence-electron chi connectivity index (χ3n) is 3.64. The molecular weight excluding hydrogens is 344 g/mol. The van der Waals surface area contributed by atoms with E-state index in [0.717, 1.165) is 5.56 Å². The van der Waals surface area contributed by atoms with Crippen LogP contribution in [0.4, 0.5) is 16.3 Å². The van der Waals surface area contributed by atoms with Gasteiger partial charge in [0, 0.05) is 17.4 Å². The molecule has 136 valence electrons. The van der Waals surface area contributed by atoms with E-state index in [2.05, 4.69) is 15.6 Å². The second-order valence-electron chi connectivity index (χ2n) is 5.65. The Morgan fingerprint density at radius 1 is 0.963 bits per heavy atom. The summed E-state index contributed by atoms with van der Waals surface area (Å²) < 4.78 is 5.76. The molecule has 0 fully saturated rings. The van der Waals surface area contributed by atoms with Gasteiger partial charge in [-0.2, -0.15) is 0 Å². The van der Waals surface area contributed by atoms with Gasteiger partial charge < -0.3 is 15.8 Å². The third kappa shape index (κ3) is 5.05. The van der Waals surface area contributed by atoms with Gasteiger partial charge in [0.1, 0.15) is 6.61 Å². The number of ether oxygens (including phenoxy) is 1. The first-order chi connectivity index (χ1) is 13.1. The first-order valence-electron chi connectivity index (χ1n) is 8.21. The lowest BCUT2D eigenvalue weighted by atomic mass is 10.2. The minimum absolute atomic E-state index is 0.289. The summed E-state index contributed by atoms with van der Waals surface area (Å²) in [5.74, 6) is 0.166. The highest BCUT2D eigenvalue weighted by Crippen LogP contribution is 2.22. The van der Waals surface area contributed by atoms with Gasteiger partial charge in [0.05, 0.1) is 0 Å². The topological polar surface area (TPSA) is 106 Å². The van der Waals surface area contributed by atoms with Crippen molar-refractivity contribution in [2.75, 3.05) is 10.6 Å². The van der Waals surface area contributed by atoms with Crippen molar-refractivity contribution in [3.63, 3.8) is 0 Å². The average Bonchev–Trinajstić information content (AvgIpc) is 2.68. The van der Waals surface area contributed by atoms with E-state index in [1.165, 1.54) is 6.07 Å². The van der Waals surface area contributed by atoms with E-state index >= 15 is 0 Å². The number of hydrogen-bond donors (Lipinski definition) is 3. The van der Waals surface area contributed by atoms with Crippen LogP contribution in [0.1, 0.15) is 15.9 Å². The highest BCUT2D eigenvalue weighted by atomic mass is 16.5. The fraction of sp³-hybridized carbons (Fsp3) is 0.0500. The van der Waals surface area contributed by atoms with Crippen LogP contribution < -0.4 is 21.1 Å². The zero-order valence-electron chi connectivity index (χ0n) is 14.4. The van der Waals surface area contributed by atoms with Crippen LogP contribution in [0, 0.1) is 0 Å². The number of pyridine rings is 1. The second-order valence-corrected chi connectivity index (χ2v) is 5.65. The Kier molecular flexibility index (Phi) is 5.64. The van der Waals surface area contributed by atoms with Crippen molar-refractivity contribution in [1.82, 2.24) is 4.98 Å². The van der Waals surface area contributed by atoms with Gasteiger partial charge in [0.25, 0.3) is 0 Å². The minimum Gasteiger partial charge on any atom is -0.485 e. The van der Waals surface area contributed by atoms with Crippen LogP contribution in [0.2, 0.25) is 0 Å². The molecule has 2 aromatic carbocycles. The van der Waals surface area contributed by atoms with Gasteiger partial charge in [-0.3, -0.25) is 10.1 Å². The van der Waals surface area contributed by atoms with Gasteiger partial charge in [-0.1, -0.05) is 36.4 Å². The molecule has 0 saturated heterocycles. The van der Waals surface area contributed by atoms with E-state index in [1.54, 1.807) is 36.5 Å². The molecule has 3 rings (SSSR count). The maximum absolute atomic E-state index is 12.3. The Bertz CT molecular complexity index is 945. The second kappa shape index (κ2) is 8.48. The summed E-state index contributed by atoms with van der Waals surface area (Å²) >= 11 is 0. The number of anilines is 2. The van der Waals surface area contributed by atoms with E-state index in [-0.39, 0.29) is 5.82 Å². The molecule has 27 heavy (non-hydrogen) atoms. The summed E-state index contributed by atoms with van der Waals surface area (Å²) in [5, 5.41) is 5.27. The first kappa shape index (κ1) is 17.9. The number of carbonyl (C=O) groups excluding carboxylic acids is 2. The highest BCUT2D eigenvalue weighted by molar-refractivity contribution is 6.01. The van der Waals surface area contributed by atoms with Crippen molar-refractivity contribution in [2.45, 2.75) is 6.61 Å². The fourth-order valence-corrected chi connectivity index (χ4v) is 2.36. The molecule has 0 atom stereocenters. The highest BCUT2D eigenvalue weighted by Gasteiger charge is 2.10. The number of rotatable bonds is 6. The predicted octanol–water partition coefficient (Wildman–Crippen LogP) is 3.40. The largest absolute Gasteiger partial charge is 0.485 e. The lowest BCUT2D eigenvalue weighted by molar-refractivity contribution is 0.100. The molecule has 1 aromatic heterocycles. The summed E-state index contributed by atoms with van der Waals surface area (Å²) in [6.45, 7) is 0.351. The quantitative estimate of drug-likeness (QED) is 0.625. The maximum atomic E-state index is 12.3. The van der Waals surface area contributed by atoms with Crippen molar-refractivity contribution in [3.8, 4) is 5.75 Å². The lowest BCUT2D eigenvalue weighted by Crippen LogP contribution is -2.21. The minimum atomic E-state index is -0.569. The Balaban J connectivity index is 1.65. The summed E-state index contributed by atoms with van der Waals surface area (Å²) in [4.78, 5) is 27.6. The van der Waals surface area contributed by atoms with Gasteiger partial charge in [-0.05, 0) is 35.9 Å². The number of primary amides is 1. The number of aromatic nitrogens is 1. The number of nitrogens with one attached hydrogen (secondary N) is 2. The Labute approximate surface area is 156 Å². The number of urea groups is 1. The van der Waals surface area contributed by atoms with Gasteiger partial charge in [0.15, 0.2) is 11.6 Å². The molecule has 0 radical (unpaired) electrons. The molecule has 7 nitrogen and oxygen atoms in total. The molecule has 7 heteroatoms. The van der Waals surface area contributed by atoms with Gasteiger partial charge in [0.2, 0.25) is 5.91 Å². The van der Waals surface area contributed by atoms with E-state index < -0.39 is 11.9 Å². The monoisotopic (exact) mass is 362 g/mol. The van der Waals surface area contributed by atoms with Crippen molar-refractivity contribution < 1.29 is 14.3 Å².